The number of aromatic nitrogens is 2. The zero-order valence-corrected chi connectivity index (χ0v) is 17.0. The van der Waals surface area contributed by atoms with Gasteiger partial charge in [0.15, 0.2) is 5.75 Å². The van der Waals surface area contributed by atoms with E-state index in [9.17, 15) is 8.78 Å². The van der Waals surface area contributed by atoms with Crippen LogP contribution >= 0.6 is 15.9 Å². The highest BCUT2D eigenvalue weighted by molar-refractivity contribution is 9.10. The molecule has 0 amide bonds. The Morgan fingerprint density at radius 3 is 2.37 bits per heavy atom. The van der Waals surface area contributed by atoms with Gasteiger partial charge < -0.3 is 9.47 Å². The maximum absolute atomic E-state index is 14.3. The van der Waals surface area contributed by atoms with Crippen molar-refractivity contribution >= 4 is 27.0 Å². The van der Waals surface area contributed by atoms with Gasteiger partial charge in [-0.25, -0.2) is 13.8 Å². The highest BCUT2D eigenvalue weighted by Crippen LogP contribution is 2.49. The van der Waals surface area contributed by atoms with E-state index in [1.165, 1.54) is 18.2 Å². The van der Waals surface area contributed by atoms with Crippen molar-refractivity contribution < 1.29 is 18.3 Å². The van der Waals surface area contributed by atoms with E-state index in [2.05, 4.69) is 20.9 Å². The Labute approximate surface area is 164 Å². The molecule has 0 N–H and O–H groups in total. The van der Waals surface area contributed by atoms with Crippen LogP contribution in [0.25, 0.3) is 11.0 Å². The number of hydrogen-bond acceptors (Lipinski definition) is 3. The molecule has 4 nitrogen and oxygen atoms in total. The highest BCUT2D eigenvalue weighted by Gasteiger charge is 2.48. The molecule has 27 heavy (non-hydrogen) atoms. The Morgan fingerprint density at radius 1 is 1.07 bits per heavy atom. The molecule has 0 atom stereocenters. The number of halogens is 3. The molecule has 7 heteroatoms. The van der Waals surface area contributed by atoms with Gasteiger partial charge in [-0.15, -0.1) is 0 Å². The van der Waals surface area contributed by atoms with Crippen molar-refractivity contribution in [2.24, 2.45) is 0 Å². The second kappa shape index (κ2) is 5.92. The first kappa shape index (κ1) is 18.2. The third-order valence-electron chi connectivity index (χ3n) is 5.31. The van der Waals surface area contributed by atoms with Crippen molar-refractivity contribution in [3.63, 3.8) is 0 Å². The van der Waals surface area contributed by atoms with E-state index in [1.807, 2.05) is 33.8 Å². The molecule has 0 saturated carbocycles. The van der Waals surface area contributed by atoms with Crippen molar-refractivity contribution in [1.82, 2.24) is 9.55 Å². The largest absolute Gasteiger partial charge is 0.477 e. The van der Waals surface area contributed by atoms with Crippen LogP contribution in [0.1, 0.15) is 33.3 Å². The second-order valence-corrected chi connectivity index (χ2v) is 8.59. The summed E-state index contributed by atoms with van der Waals surface area (Å²) in [6.45, 7) is 7.68. The minimum atomic E-state index is -0.656. The fourth-order valence-electron chi connectivity index (χ4n) is 3.08. The maximum atomic E-state index is 14.3. The van der Waals surface area contributed by atoms with Crippen molar-refractivity contribution in [1.29, 1.82) is 0 Å². The molecule has 2 aromatic heterocycles. The average Bonchev–Trinajstić information content (AvgIpc) is 2.83. The summed E-state index contributed by atoms with van der Waals surface area (Å²) in [4.78, 5) is 4.45. The molecule has 4 rings (SSSR count). The Kier molecular flexibility index (Phi) is 4.00. The SMILES string of the molecule is CC1(C)Oc2c(n(Cc3c(F)cccc3F)c3ncc(Br)cc23)OC1(C)C. The van der Waals surface area contributed by atoms with Gasteiger partial charge in [-0.05, 0) is 61.8 Å². The number of pyridine rings is 1. The molecule has 142 valence electrons. The van der Waals surface area contributed by atoms with Crippen LogP contribution in [-0.4, -0.2) is 20.8 Å². The third-order valence-corrected chi connectivity index (χ3v) is 5.74. The van der Waals surface area contributed by atoms with Crippen LogP contribution in [-0.2, 0) is 6.54 Å². The van der Waals surface area contributed by atoms with E-state index in [1.54, 1.807) is 10.8 Å². The zero-order chi connectivity index (χ0) is 19.6. The minimum Gasteiger partial charge on any atom is -0.477 e. The van der Waals surface area contributed by atoms with E-state index in [4.69, 9.17) is 9.47 Å². The summed E-state index contributed by atoms with van der Waals surface area (Å²) in [5, 5.41) is 0.722. The number of fused-ring (bicyclic) bond motifs is 3. The lowest BCUT2D eigenvalue weighted by molar-refractivity contribution is -0.102. The van der Waals surface area contributed by atoms with E-state index < -0.39 is 22.8 Å². The monoisotopic (exact) mass is 436 g/mol. The predicted molar refractivity (Wildman–Crippen MR) is 102 cm³/mol. The topological polar surface area (TPSA) is 36.3 Å². The molecule has 0 aliphatic carbocycles. The lowest BCUT2D eigenvalue weighted by Crippen LogP contribution is -2.56. The molecule has 1 aromatic carbocycles. The van der Waals surface area contributed by atoms with Crippen LogP contribution in [0.2, 0.25) is 0 Å². The highest BCUT2D eigenvalue weighted by atomic mass is 79.9. The average molecular weight is 437 g/mol. The summed E-state index contributed by atoms with van der Waals surface area (Å²) in [5.41, 5.74) is -0.769. The van der Waals surface area contributed by atoms with Crippen LogP contribution in [0.3, 0.4) is 0 Å². The van der Waals surface area contributed by atoms with Gasteiger partial charge in [-0.2, -0.15) is 0 Å². The Balaban J connectivity index is 1.97. The molecule has 0 spiro atoms. The fourth-order valence-corrected chi connectivity index (χ4v) is 3.41. The number of nitrogens with zero attached hydrogens (tertiary/aromatic N) is 2. The fraction of sp³-hybridized carbons (Fsp3) is 0.350. The number of ether oxygens (including phenoxy) is 2. The molecular formula is C20H19BrF2N2O2. The third kappa shape index (κ3) is 2.79. The molecule has 1 aliphatic rings. The van der Waals surface area contributed by atoms with Gasteiger partial charge in [-0.1, -0.05) is 6.07 Å². The Morgan fingerprint density at radius 2 is 1.70 bits per heavy atom. The summed E-state index contributed by atoms with van der Waals surface area (Å²) < 4.78 is 43.5. The van der Waals surface area contributed by atoms with Crippen LogP contribution in [0.15, 0.2) is 34.9 Å². The van der Waals surface area contributed by atoms with Gasteiger partial charge in [0.2, 0.25) is 5.88 Å². The molecule has 0 saturated heterocycles. The summed E-state index contributed by atoms with van der Waals surface area (Å²) >= 11 is 3.42. The molecule has 0 fully saturated rings. The van der Waals surface area contributed by atoms with E-state index in [0.29, 0.717) is 17.3 Å². The first-order valence-corrected chi connectivity index (χ1v) is 9.39. The minimum absolute atomic E-state index is 0.0480. The van der Waals surface area contributed by atoms with E-state index in [0.717, 1.165) is 9.86 Å². The molecular weight excluding hydrogens is 418 g/mol. The molecule has 1 aliphatic heterocycles. The van der Waals surface area contributed by atoms with Gasteiger partial charge in [0.25, 0.3) is 0 Å². The maximum Gasteiger partial charge on any atom is 0.240 e. The predicted octanol–water partition coefficient (Wildman–Crippen LogP) is 5.45. The Bertz CT molecular complexity index is 1040. The lowest BCUT2D eigenvalue weighted by Gasteiger charge is -2.45. The van der Waals surface area contributed by atoms with Crippen molar-refractivity contribution in [2.75, 3.05) is 0 Å². The van der Waals surface area contributed by atoms with Gasteiger partial charge in [0.1, 0.15) is 28.5 Å². The number of rotatable bonds is 2. The zero-order valence-electron chi connectivity index (χ0n) is 15.4. The molecule has 0 bridgehead atoms. The molecule has 3 aromatic rings. The first-order chi connectivity index (χ1) is 12.6. The summed E-state index contributed by atoms with van der Waals surface area (Å²) in [6, 6.07) is 5.70. The van der Waals surface area contributed by atoms with Crippen molar-refractivity contribution in [3.8, 4) is 11.6 Å². The van der Waals surface area contributed by atoms with Crippen LogP contribution in [0.4, 0.5) is 8.78 Å². The summed E-state index contributed by atoms with van der Waals surface area (Å²) in [7, 11) is 0. The lowest BCUT2D eigenvalue weighted by atomic mass is 9.88. The van der Waals surface area contributed by atoms with E-state index >= 15 is 0 Å². The number of hydrogen-bond donors (Lipinski definition) is 0. The quantitative estimate of drug-likeness (QED) is 0.535. The standard InChI is InChI=1S/C20H19BrF2N2O2/c1-19(2)20(3,4)27-18-16(26-19)12-8-11(21)9-24-17(12)25(18)10-13-14(22)6-5-7-15(13)23/h5-9H,10H2,1-4H3. The Hall–Kier alpha value is -2.15. The van der Waals surface area contributed by atoms with Crippen LogP contribution in [0.5, 0.6) is 11.6 Å². The van der Waals surface area contributed by atoms with Crippen molar-refractivity contribution in [2.45, 2.75) is 45.4 Å². The summed E-state index contributed by atoms with van der Waals surface area (Å²) in [5.74, 6) is -0.277. The van der Waals surface area contributed by atoms with Gasteiger partial charge >= 0.3 is 0 Å². The first-order valence-electron chi connectivity index (χ1n) is 8.59. The summed E-state index contributed by atoms with van der Waals surface area (Å²) in [6.07, 6.45) is 1.64. The van der Waals surface area contributed by atoms with Crippen LogP contribution in [0, 0.1) is 11.6 Å². The van der Waals surface area contributed by atoms with Gasteiger partial charge in [0, 0.05) is 16.2 Å². The second-order valence-electron chi connectivity index (χ2n) is 7.67. The molecule has 3 heterocycles. The molecule has 0 radical (unpaired) electrons. The smallest absolute Gasteiger partial charge is 0.240 e. The molecule has 0 unspecified atom stereocenters. The van der Waals surface area contributed by atoms with Gasteiger partial charge in [-0.3, -0.25) is 4.57 Å². The van der Waals surface area contributed by atoms with Crippen molar-refractivity contribution in [3.05, 3.63) is 52.1 Å². The van der Waals surface area contributed by atoms with Gasteiger partial charge in [0.05, 0.1) is 11.9 Å². The number of benzene rings is 1. The van der Waals surface area contributed by atoms with Crippen LogP contribution < -0.4 is 9.47 Å². The van der Waals surface area contributed by atoms with E-state index in [-0.39, 0.29) is 12.1 Å². The normalized spacial score (nSPS) is 17.3.